The highest BCUT2D eigenvalue weighted by Crippen LogP contribution is 2.29. The van der Waals surface area contributed by atoms with Crippen molar-refractivity contribution in [3.63, 3.8) is 0 Å². The largest absolute Gasteiger partial charge is 0.325 e. The lowest BCUT2D eigenvalue weighted by Gasteiger charge is -2.36. The van der Waals surface area contributed by atoms with Gasteiger partial charge < -0.3 is 11.1 Å². The van der Waals surface area contributed by atoms with Crippen molar-refractivity contribution in [2.45, 2.75) is 40.2 Å². The van der Waals surface area contributed by atoms with E-state index in [0.29, 0.717) is 5.69 Å². The van der Waals surface area contributed by atoms with Crippen molar-refractivity contribution >= 4 is 11.6 Å². The molecule has 1 aromatic heterocycles. The number of carbonyl (C=O) groups excluding carboxylic acids is 1. The Hall–Kier alpha value is -1.42. The zero-order chi connectivity index (χ0) is 13.3. The Morgan fingerprint density at radius 2 is 1.88 bits per heavy atom. The first-order valence-corrected chi connectivity index (χ1v) is 5.66. The van der Waals surface area contributed by atoms with Gasteiger partial charge in [-0.25, -0.2) is 0 Å². The van der Waals surface area contributed by atoms with Gasteiger partial charge in [0.25, 0.3) is 0 Å². The van der Waals surface area contributed by atoms with Gasteiger partial charge in [-0.3, -0.25) is 9.78 Å². The number of amides is 1. The van der Waals surface area contributed by atoms with Gasteiger partial charge in [-0.1, -0.05) is 0 Å². The minimum absolute atomic E-state index is 0.0996. The fourth-order valence-corrected chi connectivity index (χ4v) is 1.20. The predicted octanol–water partition coefficient (Wildman–Crippen LogP) is 2.09. The van der Waals surface area contributed by atoms with Crippen molar-refractivity contribution in [2.24, 2.45) is 11.1 Å². The summed E-state index contributed by atoms with van der Waals surface area (Å²) in [6.45, 7) is 9.31. The van der Waals surface area contributed by atoms with E-state index in [9.17, 15) is 4.79 Å². The number of anilines is 1. The Morgan fingerprint density at radius 1 is 1.29 bits per heavy atom. The van der Waals surface area contributed by atoms with E-state index in [4.69, 9.17) is 5.73 Å². The van der Waals surface area contributed by atoms with Gasteiger partial charge in [0.15, 0.2) is 0 Å². The molecule has 0 spiro atoms. The van der Waals surface area contributed by atoms with Gasteiger partial charge in [-0.15, -0.1) is 0 Å². The normalized spacial score (nSPS) is 12.4. The van der Waals surface area contributed by atoms with Crippen LogP contribution in [0.15, 0.2) is 18.5 Å². The molecule has 0 fully saturated rings. The maximum Gasteiger partial charge on any atom is 0.231 e. The van der Waals surface area contributed by atoms with E-state index >= 15 is 0 Å². The first-order chi connectivity index (χ1) is 7.64. The fraction of sp³-hybridized carbons (Fsp3) is 0.538. The number of carbonyl (C=O) groups is 1. The highest BCUT2D eigenvalue weighted by atomic mass is 16.2. The summed E-state index contributed by atoms with van der Waals surface area (Å²) in [6, 6.07) is 1.88. The van der Waals surface area contributed by atoms with Gasteiger partial charge in [0.1, 0.15) is 0 Å². The monoisotopic (exact) mass is 235 g/mol. The van der Waals surface area contributed by atoms with Crippen LogP contribution >= 0.6 is 0 Å². The maximum atomic E-state index is 12.2. The molecule has 0 bridgehead atoms. The Kier molecular flexibility index (Phi) is 3.57. The standard InChI is InChI=1S/C13H21N3O/c1-9-6-10(8-15-7-9)16-11(17)12(2,3)13(4,5)14/h6-8H,14H2,1-5H3,(H,16,17). The summed E-state index contributed by atoms with van der Waals surface area (Å²) in [6.07, 6.45) is 3.37. The first kappa shape index (κ1) is 13.6. The highest BCUT2D eigenvalue weighted by molar-refractivity contribution is 5.95. The third-order valence-corrected chi connectivity index (χ3v) is 3.31. The van der Waals surface area contributed by atoms with Crippen LogP contribution < -0.4 is 11.1 Å². The van der Waals surface area contributed by atoms with Crippen LogP contribution in [0.1, 0.15) is 33.3 Å². The number of hydrogen-bond donors (Lipinski definition) is 2. The molecule has 0 saturated carbocycles. The van der Waals surface area contributed by atoms with Gasteiger partial charge in [-0.05, 0) is 46.2 Å². The summed E-state index contributed by atoms with van der Waals surface area (Å²) < 4.78 is 0. The number of pyridine rings is 1. The average molecular weight is 235 g/mol. The Bertz CT molecular complexity index is 419. The van der Waals surface area contributed by atoms with Gasteiger partial charge in [0.2, 0.25) is 5.91 Å². The van der Waals surface area contributed by atoms with Crippen molar-refractivity contribution in [1.29, 1.82) is 0 Å². The molecule has 17 heavy (non-hydrogen) atoms. The first-order valence-electron chi connectivity index (χ1n) is 5.66. The van der Waals surface area contributed by atoms with Gasteiger partial charge in [0, 0.05) is 11.7 Å². The van der Waals surface area contributed by atoms with Crippen LogP contribution in [-0.2, 0) is 4.79 Å². The summed E-state index contributed by atoms with van der Waals surface area (Å²) in [5.41, 5.74) is 6.48. The summed E-state index contributed by atoms with van der Waals surface area (Å²) in [7, 11) is 0. The number of aryl methyl sites for hydroxylation is 1. The summed E-state index contributed by atoms with van der Waals surface area (Å²) in [5, 5.41) is 2.85. The summed E-state index contributed by atoms with van der Waals surface area (Å²) in [4.78, 5) is 16.2. The van der Waals surface area contributed by atoms with Gasteiger partial charge >= 0.3 is 0 Å². The number of nitrogens with two attached hydrogens (primary N) is 1. The van der Waals surface area contributed by atoms with E-state index < -0.39 is 11.0 Å². The van der Waals surface area contributed by atoms with Gasteiger partial charge in [0.05, 0.1) is 17.3 Å². The topological polar surface area (TPSA) is 68.0 Å². The molecule has 0 atom stereocenters. The molecule has 3 N–H and O–H groups in total. The van der Waals surface area contributed by atoms with Crippen LogP contribution in [0.2, 0.25) is 0 Å². The van der Waals surface area contributed by atoms with Gasteiger partial charge in [-0.2, -0.15) is 0 Å². The van der Waals surface area contributed by atoms with Crippen molar-refractivity contribution < 1.29 is 4.79 Å². The fourth-order valence-electron chi connectivity index (χ4n) is 1.20. The highest BCUT2D eigenvalue weighted by Gasteiger charge is 2.40. The maximum absolute atomic E-state index is 12.2. The number of rotatable bonds is 3. The van der Waals surface area contributed by atoms with Crippen LogP contribution in [0, 0.1) is 12.3 Å². The number of hydrogen-bond acceptors (Lipinski definition) is 3. The molecule has 0 aliphatic rings. The average Bonchev–Trinajstić information content (AvgIpc) is 2.15. The Balaban J connectivity index is 2.87. The van der Waals surface area contributed by atoms with Crippen LogP contribution in [0.5, 0.6) is 0 Å². The molecule has 0 aromatic carbocycles. The Labute approximate surface area is 103 Å². The lowest BCUT2D eigenvalue weighted by Crippen LogP contribution is -2.53. The predicted molar refractivity (Wildman–Crippen MR) is 69.7 cm³/mol. The van der Waals surface area contributed by atoms with E-state index in [2.05, 4.69) is 10.3 Å². The van der Waals surface area contributed by atoms with E-state index in [-0.39, 0.29) is 5.91 Å². The van der Waals surface area contributed by atoms with Crippen molar-refractivity contribution in [1.82, 2.24) is 4.98 Å². The molecule has 1 rings (SSSR count). The zero-order valence-electron chi connectivity index (χ0n) is 11.2. The Morgan fingerprint density at radius 3 is 2.35 bits per heavy atom. The summed E-state index contributed by atoms with van der Waals surface area (Å²) >= 11 is 0. The summed E-state index contributed by atoms with van der Waals surface area (Å²) in [5.74, 6) is -0.0996. The van der Waals surface area contributed by atoms with Crippen LogP contribution in [0.3, 0.4) is 0 Å². The smallest absolute Gasteiger partial charge is 0.231 e. The molecule has 0 radical (unpaired) electrons. The SMILES string of the molecule is Cc1cncc(NC(=O)C(C)(C)C(C)(C)N)c1. The quantitative estimate of drug-likeness (QED) is 0.843. The second kappa shape index (κ2) is 4.45. The molecule has 94 valence electrons. The molecule has 1 aromatic rings. The number of aromatic nitrogens is 1. The van der Waals surface area contributed by atoms with Crippen molar-refractivity contribution in [3.8, 4) is 0 Å². The molecular formula is C13H21N3O. The molecule has 0 aliphatic heterocycles. The third kappa shape index (κ3) is 3.03. The van der Waals surface area contributed by atoms with Crippen LogP contribution in [0.25, 0.3) is 0 Å². The van der Waals surface area contributed by atoms with E-state index in [1.54, 1.807) is 12.4 Å². The third-order valence-electron chi connectivity index (χ3n) is 3.31. The molecular weight excluding hydrogens is 214 g/mol. The lowest BCUT2D eigenvalue weighted by molar-refractivity contribution is -0.126. The minimum atomic E-state index is -0.656. The molecule has 0 unspecified atom stereocenters. The van der Waals surface area contributed by atoms with Crippen molar-refractivity contribution in [2.75, 3.05) is 5.32 Å². The molecule has 1 heterocycles. The molecule has 4 nitrogen and oxygen atoms in total. The molecule has 0 saturated heterocycles. The second-order valence-corrected chi connectivity index (χ2v) is 5.55. The lowest BCUT2D eigenvalue weighted by atomic mass is 9.74. The van der Waals surface area contributed by atoms with Crippen LogP contribution in [0.4, 0.5) is 5.69 Å². The van der Waals surface area contributed by atoms with E-state index in [1.807, 2.05) is 40.7 Å². The molecule has 1 amide bonds. The minimum Gasteiger partial charge on any atom is -0.325 e. The van der Waals surface area contributed by atoms with Crippen molar-refractivity contribution in [3.05, 3.63) is 24.0 Å². The molecule has 0 aliphatic carbocycles. The molecule has 4 heteroatoms. The van der Waals surface area contributed by atoms with E-state index in [1.165, 1.54) is 0 Å². The van der Waals surface area contributed by atoms with E-state index in [0.717, 1.165) is 5.56 Å². The zero-order valence-corrected chi connectivity index (χ0v) is 11.2. The number of nitrogens with one attached hydrogen (secondary N) is 1. The number of nitrogens with zero attached hydrogens (tertiary/aromatic N) is 1. The van der Waals surface area contributed by atoms with Crippen LogP contribution in [-0.4, -0.2) is 16.4 Å². The second-order valence-electron chi connectivity index (χ2n) is 5.55.